The Hall–Kier alpha value is -3.23. The van der Waals surface area contributed by atoms with Crippen LogP contribution in [0.3, 0.4) is 0 Å². The van der Waals surface area contributed by atoms with Gasteiger partial charge in [-0.2, -0.15) is 0 Å². The molecule has 1 atom stereocenters. The Labute approximate surface area is 187 Å². The molecule has 0 radical (unpaired) electrons. The number of imide groups is 1. The van der Waals surface area contributed by atoms with E-state index in [0.29, 0.717) is 19.4 Å². The Kier molecular flexibility index (Phi) is 5.19. The average molecular weight is 437 g/mol. The van der Waals surface area contributed by atoms with Crippen LogP contribution in [0, 0.1) is 0 Å². The van der Waals surface area contributed by atoms with Gasteiger partial charge in [-0.1, -0.05) is 25.3 Å². The lowest BCUT2D eigenvalue weighted by Crippen LogP contribution is -2.49. The van der Waals surface area contributed by atoms with Gasteiger partial charge in [0.1, 0.15) is 24.2 Å². The van der Waals surface area contributed by atoms with Crippen molar-refractivity contribution in [1.29, 1.82) is 0 Å². The second-order valence-corrected chi connectivity index (χ2v) is 8.96. The molecule has 2 aliphatic heterocycles. The van der Waals surface area contributed by atoms with Crippen molar-refractivity contribution in [3.8, 4) is 5.82 Å². The van der Waals surface area contributed by atoms with Crippen molar-refractivity contribution in [2.24, 2.45) is 0 Å². The van der Waals surface area contributed by atoms with Crippen LogP contribution in [0.1, 0.15) is 56.7 Å². The van der Waals surface area contributed by atoms with Crippen molar-refractivity contribution >= 4 is 17.8 Å². The first-order valence-electron chi connectivity index (χ1n) is 11.4. The fourth-order valence-corrected chi connectivity index (χ4v) is 5.43. The molecule has 0 unspecified atom stereocenters. The molecule has 1 spiro atoms. The van der Waals surface area contributed by atoms with Gasteiger partial charge in [-0.15, -0.1) is 0 Å². The Balaban J connectivity index is 1.34. The molecule has 0 aromatic carbocycles. The number of pyridine rings is 1. The Bertz CT molecular complexity index is 1030. The summed E-state index contributed by atoms with van der Waals surface area (Å²) in [5, 5.41) is 0. The molecule has 5 rings (SSSR count). The smallest absolute Gasteiger partial charge is 0.327 e. The van der Waals surface area contributed by atoms with Gasteiger partial charge in [0.2, 0.25) is 5.91 Å². The first-order chi connectivity index (χ1) is 15.5. The van der Waals surface area contributed by atoms with Crippen molar-refractivity contribution in [2.75, 3.05) is 20.1 Å². The second-order valence-electron chi connectivity index (χ2n) is 8.96. The van der Waals surface area contributed by atoms with Crippen LogP contribution in [-0.4, -0.2) is 72.8 Å². The molecule has 3 fully saturated rings. The minimum Gasteiger partial charge on any atom is -0.333 e. The Morgan fingerprint density at radius 2 is 1.97 bits per heavy atom. The van der Waals surface area contributed by atoms with Crippen LogP contribution in [0.5, 0.6) is 0 Å². The zero-order valence-electron chi connectivity index (χ0n) is 18.3. The summed E-state index contributed by atoms with van der Waals surface area (Å²) in [6.45, 7) is 0.388. The molecule has 4 heterocycles. The second kappa shape index (κ2) is 8.03. The van der Waals surface area contributed by atoms with Crippen molar-refractivity contribution in [3.63, 3.8) is 0 Å². The summed E-state index contributed by atoms with van der Waals surface area (Å²) in [6, 6.07) is 5.22. The lowest BCUT2D eigenvalue weighted by atomic mass is 9.81. The number of hydrogen-bond donors (Lipinski definition) is 0. The highest BCUT2D eigenvalue weighted by molar-refractivity contribution is 6.09. The van der Waals surface area contributed by atoms with E-state index in [-0.39, 0.29) is 30.4 Å². The normalized spacial score (nSPS) is 22.9. The molecular formula is C23H28N6O3. The van der Waals surface area contributed by atoms with Gasteiger partial charge in [0.25, 0.3) is 5.91 Å². The molecule has 32 heavy (non-hydrogen) atoms. The van der Waals surface area contributed by atoms with Crippen LogP contribution in [0.2, 0.25) is 0 Å². The van der Waals surface area contributed by atoms with Crippen LogP contribution < -0.4 is 0 Å². The van der Waals surface area contributed by atoms with Crippen LogP contribution >= 0.6 is 0 Å². The van der Waals surface area contributed by atoms with Crippen molar-refractivity contribution < 1.29 is 14.4 Å². The third-order valence-corrected chi connectivity index (χ3v) is 7.22. The molecule has 168 valence electrons. The monoisotopic (exact) mass is 436 g/mol. The summed E-state index contributed by atoms with van der Waals surface area (Å²) >= 11 is 0. The highest BCUT2D eigenvalue weighted by atomic mass is 16.2. The molecule has 2 aromatic rings. The number of carbonyl (C=O) groups is 3. The largest absolute Gasteiger partial charge is 0.333 e. The van der Waals surface area contributed by atoms with E-state index in [1.165, 1.54) is 4.90 Å². The van der Waals surface area contributed by atoms with Gasteiger partial charge < -0.3 is 9.80 Å². The van der Waals surface area contributed by atoms with E-state index in [1.54, 1.807) is 29.4 Å². The predicted octanol–water partition coefficient (Wildman–Crippen LogP) is 2.53. The summed E-state index contributed by atoms with van der Waals surface area (Å²) in [5.41, 5.74) is 0.0442. The van der Waals surface area contributed by atoms with E-state index < -0.39 is 5.54 Å². The summed E-state index contributed by atoms with van der Waals surface area (Å²) in [4.78, 5) is 52.8. The van der Waals surface area contributed by atoms with E-state index in [2.05, 4.69) is 4.98 Å². The van der Waals surface area contributed by atoms with Gasteiger partial charge in [-0.05, 0) is 37.8 Å². The Morgan fingerprint density at radius 3 is 2.72 bits per heavy atom. The van der Waals surface area contributed by atoms with E-state index in [1.807, 2.05) is 29.0 Å². The first kappa shape index (κ1) is 20.7. The highest BCUT2D eigenvalue weighted by Crippen LogP contribution is 2.40. The van der Waals surface area contributed by atoms with Crippen LogP contribution in [-0.2, 0) is 9.59 Å². The Morgan fingerprint density at radius 1 is 1.16 bits per heavy atom. The van der Waals surface area contributed by atoms with Gasteiger partial charge >= 0.3 is 6.03 Å². The molecule has 0 N–H and O–H groups in total. The lowest BCUT2D eigenvalue weighted by Gasteiger charge is -2.35. The number of nitrogens with zero attached hydrogens (tertiary/aromatic N) is 6. The van der Waals surface area contributed by atoms with Gasteiger partial charge in [-0.3, -0.25) is 19.1 Å². The van der Waals surface area contributed by atoms with E-state index in [0.717, 1.165) is 43.6 Å². The van der Waals surface area contributed by atoms with Crippen molar-refractivity contribution in [3.05, 3.63) is 42.6 Å². The van der Waals surface area contributed by atoms with Crippen LogP contribution in [0.25, 0.3) is 5.82 Å². The lowest BCUT2D eigenvalue weighted by molar-refractivity contribution is -0.141. The quantitative estimate of drug-likeness (QED) is 0.687. The minimum atomic E-state index is -0.763. The van der Waals surface area contributed by atoms with Gasteiger partial charge in [-0.25, -0.2) is 14.8 Å². The van der Waals surface area contributed by atoms with E-state index >= 15 is 0 Å². The van der Waals surface area contributed by atoms with Crippen molar-refractivity contribution in [2.45, 2.75) is 56.5 Å². The summed E-state index contributed by atoms with van der Waals surface area (Å²) in [5.74, 6) is 0.324. The van der Waals surface area contributed by atoms with Gasteiger partial charge in [0.05, 0.1) is 11.7 Å². The molecule has 1 saturated carbocycles. The number of amides is 4. The summed E-state index contributed by atoms with van der Waals surface area (Å²) in [6.07, 6.45) is 11.2. The predicted molar refractivity (Wildman–Crippen MR) is 116 cm³/mol. The third kappa shape index (κ3) is 3.27. The number of likely N-dealkylation sites (N-methyl/N-ethyl adjacent to an activating group) is 1. The molecule has 2 aromatic heterocycles. The number of rotatable bonds is 4. The number of urea groups is 1. The number of aromatic nitrogens is 3. The fourth-order valence-electron chi connectivity index (χ4n) is 5.43. The number of imidazole rings is 1. The SMILES string of the molecule is CN1C(=O)N(CC(=O)N2CCC[C@@H]2c2cccc(-n3ccnc3)n2)C(=O)C12CCCCC2. The average Bonchev–Trinajstić information content (AvgIpc) is 3.56. The zero-order chi connectivity index (χ0) is 22.3. The molecular weight excluding hydrogens is 408 g/mol. The number of carbonyl (C=O) groups excluding carboxylic acids is 3. The zero-order valence-corrected chi connectivity index (χ0v) is 18.3. The molecule has 2 saturated heterocycles. The summed E-state index contributed by atoms with van der Waals surface area (Å²) in [7, 11) is 1.69. The maximum absolute atomic E-state index is 13.3. The topological polar surface area (TPSA) is 91.6 Å². The fraction of sp³-hybridized carbons (Fsp3) is 0.522. The summed E-state index contributed by atoms with van der Waals surface area (Å²) < 4.78 is 1.83. The van der Waals surface area contributed by atoms with Crippen LogP contribution in [0.15, 0.2) is 36.9 Å². The van der Waals surface area contributed by atoms with Crippen molar-refractivity contribution in [1.82, 2.24) is 29.2 Å². The third-order valence-electron chi connectivity index (χ3n) is 7.22. The first-order valence-corrected chi connectivity index (χ1v) is 11.4. The molecule has 0 bridgehead atoms. The van der Waals surface area contributed by atoms with E-state index in [9.17, 15) is 14.4 Å². The standard InChI is InChI=1S/C23H28N6O3/c1-26-22(32)29(21(31)23(26)10-3-2-4-11-23)15-20(30)28-13-6-8-18(28)17-7-5-9-19(25-17)27-14-12-24-16-27/h5,7,9,12,14,16,18H,2-4,6,8,10-11,13,15H2,1H3/t18-/m1/s1. The molecule has 4 amide bonds. The maximum atomic E-state index is 13.3. The molecule has 9 nitrogen and oxygen atoms in total. The highest BCUT2D eigenvalue weighted by Gasteiger charge is 2.56. The van der Waals surface area contributed by atoms with Crippen LogP contribution in [0.4, 0.5) is 4.79 Å². The molecule has 3 aliphatic rings. The van der Waals surface area contributed by atoms with Gasteiger partial charge in [0, 0.05) is 26.0 Å². The molecule has 1 aliphatic carbocycles. The van der Waals surface area contributed by atoms with Gasteiger partial charge in [0.15, 0.2) is 0 Å². The van der Waals surface area contributed by atoms with E-state index in [4.69, 9.17) is 4.98 Å². The number of likely N-dealkylation sites (tertiary alicyclic amines) is 1. The number of hydrogen-bond acceptors (Lipinski definition) is 5. The maximum Gasteiger partial charge on any atom is 0.327 e. The molecule has 9 heteroatoms. The minimum absolute atomic E-state index is 0.167.